The van der Waals surface area contributed by atoms with Crippen LogP contribution in [0.5, 0.6) is 0 Å². The number of hydrogen-bond acceptors (Lipinski definition) is 4. The fraction of sp³-hybridized carbons (Fsp3) is 0. The molecule has 1 N–H and O–H groups in total. The Bertz CT molecular complexity index is 851. The number of rotatable bonds is 3. The van der Waals surface area contributed by atoms with Crippen molar-refractivity contribution in [3.8, 4) is 11.4 Å². The average Bonchev–Trinajstić information content (AvgIpc) is 3.07. The van der Waals surface area contributed by atoms with Crippen LogP contribution in [0.3, 0.4) is 0 Å². The Balaban J connectivity index is 2.06. The minimum atomic E-state index is 0.346. The van der Waals surface area contributed by atoms with E-state index >= 15 is 0 Å². The first-order valence-electron chi connectivity index (χ1n) is 5.86. The molecular weight excluding hydrogens is 331 g/mol. The number of benzene rings is 1. The number of H-pyrrole nitrogens is 1. The fourth-order valence-electron chi connectivity index (χ4n) is 1.72. The molecule has 2 aromatic heterocycles. The van der Waals surface area contributed by atoms with Crippen LogP contribution < -0.4 is 0 Å². The molecule has 8 heteroatoms. The van der Waals surface area contributed by atoms with E-state index in [1.807, 2.05) is 0 Å². The number of nitrogens with one attached hydrogen (secondary N) is 1. The molecule has 0 unspecified atom stereocenters. The number of nitrogens with zero attached hydrogens (tertiary/aromatic N) is 3. The third-order valence-electron chi connectivity index (χ3n) is 2.67. The van der Waals surface area contributed by atoms with Gasteiger partial charge in [0.25, 0.3) is 0 Å². The van der Waals surface area contributed by atoms with E-state index in [1.54, 1.807) is 42.8 Å². The molecule has 5 nitrogen and oxygen atoms in total. The molecular formula is C13H8Cl2N4OS. The number of furan rings is 1. The molecule has 0 aliphatic rings. The maximum absolute atomic E-state index is 6.19. The lowest BCUT2D eigenvalue weighted by atomic mass is 10.2. The Morgan fingerprint density at radius 3 is 2.90 bits per heavy atom. The lowest BCUT2D eigenvalue weighted by Gasteiger charge is -2.03. The van der Waals surface area contributed by atoms with E-state index in [1.165, 1.54) is 4.68 Å². The van der Waals surface area contributed by atoms with Gasteiger partial charge in [-0.1, -0.05) is 23.2 Å². The molecule has 3 aromatic rings. The highest BCUT2D eigenvalue weighted by molar-refractivity contribution is 7.71. The summed E-state index contributed by atoms with van der Waals surface area (Å²) in [5, 5.41) is 12.1. The van der Waals surface area contributed by atoms with Crippen molar-refractivity contribution in [3.05, 3.63) is 57.2 Å². The van der Waals surface area contributed by atoms with Gasteiger partial charge in [-0.2, -0.15) is 14.9 Å². The van der Waals surface area contributed by atoms with E-state index < -0.39 is 0 Å². The third kappa shape index (κ3) is 2.92. The van der Waals surface area contributed by atoms with Gasteiger partial charge in [-0.3, -0.25) is 0 Å². The summed E-state index contributed by atoms with van der Waals surface area (Å²) in [5.74, 6) is 1.09. The van der Waals surface area contributed by atoms with Crippen molar-refractivity contribution in [2.24, 2.45) is 5.10 Å². The van der Waals surface area contributed by atoms with E-state index in [0.29, 0.717) is 32.0 Å². The van der Waals surface area contributed by atoms with Crippen LogP contribution >= 0.6 is 35.4 Å². The van der Waals surface area contributed by atoms with E-state index in [-0.39, 0.29) is 0 Å². The normalized spacial score (nSPS) is 11.3. The second-order valence-corrected chi connectivity index (χ2v) is 5.28. The maximum Gasteiger partial charge on any atom is 0.216 e. The van der Waals surface area contributed by atoms with E-state index in [2.05, 4.69) is 15.3 Å². The molecule has 0 fully saturated rings. The topological polar surface area (TPSA) is 59.1 Å². The largest absolute Gasteiger partial charge is 0.463 e. The minimum absolute atomic E-state index is 0.346. The molecule has 0 radical (unpaired) electrons. The molecule has 0 aliphatic carbocycles. The van der Waals surface area contributed by atoms with Gasteiger partial charge in [0.15, 0.2) is 5.82 Å². The number of aromatic amines is 1. The summed E-state index contributed by atoms with van der Waals surface area (Å²) in [7, 11) is 0. The highest BCUT2D eigenvalue weighted by Gasteiger charge is 2.12. The first-order valence-corrected chi connectivity index (χ1v) is 7.02. The molecule has 0 aliphatic heterocycles. The summed E-state index contributed by atoms with van der Waals surface area (Å²) in [6.07, 6.45) is 3.10. The molecule has 106 valence electrons. The second-order valence-electron chi connectivity index (χ2n) is 4.05. The summed E-state index contributed by atoms with van der Waals surface area (Å²) in [6, 6.07) is 8.67. The summed E-state index contributed by atoms with van der Waals surface area (Å²) >= 11 is 17.3. The second kappa shape index (κ2) is 5.85. The van der Waals surface area contributed by atoms with Gasteiger partial charge in [0, 0.05) is 10.6 Å². The van der Waals surface area contributed by atoms with Crippen LogP contribution in [0.15, 0.2) is 46.1 Å². The first-order chi connectivity index (χ1) is 10.1. The molecule has 0 saturated carbocycles. The van der Waals surface area contributed by atoms with Gasteiger partial charge in [-0.25, -0.2) is 5.10 Å². The number of hydrogen-bond donors (Lipinski definition) is 1. The van der Waals surface area contributed by atoms with Gasteiger partial charge < -0.3 is 4.42 Å². The fourth-order valence-corrected chi connectivity index (χ4v) is 2.40. The van der Waals surface area contributed by atoms with E-state index in [4.69, 9.17) is 39.8 Å². The van der Waals surface area contributed by atoms with Crippen molar-refractivity contribution in [1.29, 1.82) is 0 Å². The van der Waals surface area contributed by atoms with Gasteiger partial charge in [-0.05, 0) is 42.5 Å². The smallest absolute Gasteiger partial charge is 0.216 e. The van der Waals surface area contributed by atoms with Gasteiger partial charge in [0.05, 0.1) is 17.5 Å². The zero-order chi connectivity index (χ0) is 14.8. The van der Waals surface area contributed by atoms with Gasteiger partial charge in [0.2, 0.25) is 4.77 Å². The number of halogens is 2. The summed E-state index contributed by atoms with van der Waals surface area (Å²) in [4.78, 5) is 0. The minimum Gasteiger partial charge on any atom is -0.463 e. The van der Waals surface area contributed by atoms with Crippen molar-refractivity contribution >= 4 is 41.6 Å². The van der Waals surface area contributed by atoms with Crippen molar-refractivity contribution < 1.29 is 4.42 Å². The zero-order valence-electron chi connectivity index (χ0n) is 10.5. The summed E-state index contributed by atoms with van der Waals surface area (Å²) < 4.78 is 7.00. The van der Waals surface area contributed by atoms with Crippen molar-refractivity contribution in [2.75, 3.05) is 0 Å². The van der Waals surface area contributed by atoms with E-state index in [0.717, 1.165) is 0 Å². The van der Waals surface area contributed by atoms with Crippen LogP contribution in [0.2, 0.25) is 10.0 Å². The average molecular weight is 339 g/mol. The zero-order valence-corrected chi connectivity index (χ0v) is 12.8. The Morgan fingerprint density at radius 1 is 1.33 bits per heavy atom. The lowest BCUT2D eigenvalue weighted by Crippen LogP contribution is -1.95. The molecule has 3 rings (SSSR count). The molecule has 1 aromatic carbocycles. The predicted octanol–water partition coefficient (Wildman–Crippen LogP) is 4.39. The van der Waals surface area contributed by atoms with Gasteiger partial charge in [0.1, 0.15) is 5.76 Å². The van der Waals surface area contributed by atoms with Crippen LogP contribution in [-0.4, -0.2) is 21.1 Å². The molecule has 0 atom stereocenters. The SMILES string of the molecule is S=c1[nH]nc(-c2ccc(Cl)cc2Cl)n1/N=C/c1ccco1. The Labute approximate surface area is 134 Å². The van der Waals surface area contributed by atoms with Gasteiger partial charge >= 0.3 is 0 Å². The highest BCUT2D eigenvalue weighted by Crippen LogP contribution is 2.29. The Kier molecular flexibility index (Phi) is 3.92. The van der Waals surface area contributed by atoms with Gasteiger partial charge in [-0.15, -0.1) is 0 Å². The molecule has 0 bridgehead atoms. The monoisotopic (exact) mass is 338 g/mol. The Morgan fingerprint density at radius 2 is 2.19 bits per heavy atom. The maximum atomic E-state index is 6.19. The molecule has 2 heterocycles. The van der Waals surface area contributed by atoms with Crippen molar-refractivity contribution in [3.63, 3.8) is 0 Å². The van der Waals surface area contributed by atoms with Crippen LogP contribution in [0.25, 0.3) is 11.4 Å². The van der Waals surface area contributed by atoms with Crippen molar-refractivity contribution in [2.45, 2.75) is 0 Å². The van der Waals surface area contributed by atoms with Crippen LogP contribution in [0.1, 0.15) is 5.76 Å². The number of aromatic nitrogens is 3. The van der Waals surface area contributed by atoms with E-state index in [9.17, 15) is 0 Å². The third-order valence-corrected chi connectivity index (χ3v) is 3.48. The first kappa shape index (κ1) is 14.1. The summed E-state index contributed by atoms with van der Waals surface area (Å²) in [5.41, 5.74) is 0.671. The standard InChI is InChI=1S/C13H8Cl2N4OS/c14-8-3-4-10(11(15)6-8)12-17-18-13(21)19(12)16-7-9-2-1-5-20-9/h1-7H,(H,18,21)/b16-7+. The lowest BCUT2D eigenvalue weighted by molar-refractivity contribution is 0.559. The Hall–Kier alpha value is -1.89. The molecule has 0 spiro atoms. The summed E-state index contributed by atoms with van der Waals surface area (Å²) in [6.45, 7) is 0. The van der Waals surface area contributed by atoms with Crippen LogP contribution in [0.4, 0.5) is 0 Å². The molecule has 0 saturated heterocycles. The quantitative estimate of drug-likeness (QED) is 0.569. The van der Waals surface area contributed by atoms with Crippen molar-refractivity contribution in [1.82, 2.24) is 14.9 Å². The molecule has 21 heavy (non-hydrogen) atoms. The van der Waals surface area contributed by atoms with Crippen LogP contribution in [-0.2, 0) is 0 Å². The van der Waals surface area contributed by atoms with Crippen LogP contribution in [0, 0.1) is 4.77 Å². The predicted molar refractivity (Wildman–Crippen MR) is 84.6 cm³/mol. The molecule has 0 amide bonds. The highest BCUT2D eigenvalue weighted by atomic mass is 35.5.